The van der Waals surface area contributed by atoms with Crippen LogP contribution in [0.1, 0.15) is 36.3 Å². The van der Waals surface area contributed by atoms with Gasteiger partial charge in [0.05, 0.1) is 18.9 Å². The summed E-state index contributed by atoms with van der Waals surface area (Å²) in [5.41, 5.74) is -1.87. The fourth-order valence-corrected chi connectivity index (χ4v) is 4.78. The second-order valence-corrected chi connectivity index (χ2v) is 9.31. The maximum Gasteiger partial charge on any atom is 0.505 e. The number of ether oxygens (including phenoxy) is 2. The van der Waals surface area contributed by atoms with Crippen molar-refractivity contribution in [3.63, 3.8) is 0 Å². The van der Waals surface area contributed by atoms with E-state index in [9.17, 15) is 27.9 Å². The number of halogens is 3. The van der Waals surface area contributed by atoms with Gasteiger partial charge in [-0.2, -0.15) is 4.68 Å². The highest BCUT2D eigenvalue weighted by molar-refractivity contribution is 8.76. The number of rotatable bonds is 8. The lowest BCUT2D eigenvalue weighted by Crippen LogP contribution is -2.33. The van der Waals surface area contributed by atoms with E-state index in [4.69, 9.17) is 9.47 Å². The highest BCUT2D eigenvalue weighted by Crippen LogP contribution is 2.42. The van der Waals surface area contributed by atoms with Crippen LogP contribution in [0.2, 0.25) is 0 Å². The maximum atomic E-state index is 12.9. The molecule has 1 aliphatic rings. The molecule has 3 heterocycles. The zero-order valence-electron chi connectivity index (χ0n) is 16.4. The first-order valence-electron chi connectivity index (χ1n) is 9.15. The van der Waals surface area contributed by atoms with Crippen molar-refractivity contribution in [2.45, 2.75) is 50.4 Å². The molecule has 0 aromatic carbocycles. The van der Waals surface area contributed by atoms with Gasteiger partial charge in [0.2, 0.25) is 0 Å². The summed E-state index contributed by atoms with van der Waals surface area (Å²) in [6.45, 7) is 2.96. The van der Waals surface area contributed by atoms with Crippen LogP contribution in [0.4, 0.5) is 13.2 Å². The summed E-state index contributed by atoms with van der Waals surface area (Å²) in [6.07, 6.45) is -4.92. The molecule has 31 heavy (non-hydrogen) atoms. The van der Waals surface area contributed by atoms with E-state index < -0.39 is 48.0 Å². The van der Waals surface area contributed by atoms with Gasteiger partial charge in [0.25, 0.3) is 5.56 Å². The SMILES string of the molecule is CCSSC(OC1CC(n2cc(C)c(=O)[nH]c2=O)OC1CO)c1cn(C(F)(F)F)nn1. The number of aromatic nitrogens is 5. The van der Waals surface area contributed by atoms with Gasteiger partial charge in [0, 0.05) is 23.9 Å². The Bertz CT molecular complexity index is 1010. The Labute approximate surface area is 181 Å². The van der Waals surface area contributed by atoms with E-state index in [0.717, 1.165) is 17.0 Å². The Hall–Kier alpha value is -1.81. The first-order valence-corrected chi connectivity index (χ1v) is 11.5. The molecule has 3 rings (SSSR count). The summed E-state index contributed by atoms with van der Waals surface area (Å²) in [4.78, 5) is 25.9. The summed E-state index contributed by atoms with van der Waals surface area (Å²) in [6, 6.07) is 0. The highest BCUT2D eigenvalue weighted by Gasteiger charge is 2.40. The van der Waals surface area contributed by atoms with E-state index in [1.54, 1.807) is 0 Å². The first kappa shape index (κ1) is 23.8. The monoisotopic (exact) mass is 483 g/mol. The van der Waals surface area contributed by atoms with E-state index >= 15 is 0 Å². The molecule has 10 nitrogen and oxygen atoms in total. The normalized spacial score (nSPS) is 22.7. The lowest BCUT2D eigenvalue weighted by atomic mass is 10.2. The molecule has 2 aromatic heterocycles. The predicted octanol–water partition coefficient (Wildman–Crippen LogP) is 1.68. The number of hydrogen-bond donors (Lipinski definition) is 2. The molecule has 1 saturated heterocycles. The second kappa shape index (κ2) is 9.77. The number of hydrogen-bond acceptors (Lipinski definition) is 9. The highest BCUT2D eigenvalue weighted by atomic mass is 33.1. The minimum absolute atomic E-state index is 0.0412. The number of aliphatic hydroxyl groups excluding tert-OH is 1. The Morgan fingerprint density at radius 1 is 1.42 bits per heavy atom. The molecular weight excluding hydrogens is 463 g/mol. The smallest absolute Gasteiger partial charge is 0.394 e. The summed E-state index contributed by atoms with van der Waals surface area (Å²) in [5, 5.41) is 16.4. The van der Waals surface area contributed by atoms with Crippen molar-refractivity contribution in [3.8, 4) is 0 Å². The van der Waals surface area contributed by atoms with E-state index in [-0.39, 0.29) is 16.8 Å². The van der Waals surface area contributed by atoms with Crippen LogP contribution in [0, 0.1) is 6.92 Å². The van der Waals surface area contributed by atoms with Gasteiger partial charge < -0.3 is 14.6 Å². The molecule has 0 aliphatic carbocycles. The van der Waals surface area contributed by atoms with Crippen molar-refractivity contribution in [3.05, 3.63) is 44.5 Å². The molecule has 0 radical (unpaired) electrons. The number of aryl methyl sites for hydroxylation is 1. The van der Waals surface area contributed by atoms with Gasteiger partial charge in [0.1, 0.15) is 18.0 Å². The van der Waals surface area contributed by atoms with Gasteiger partial charge in [-0.3, -0.25) is 14.3 Å². The van der Waals surface area contributed by atoms with Crippen molar-refractivity contribution in [1.82, 2.24) is 24.5 Å². The van der Waals surface area contributed by atoms with Gasteiger partial charge in [-0.15, -0.1) is 18.3 Å². The molecule has 0 bridgehead atoms. The Kier molecular flexibility index (Phi) is 7.51. The summed E-state index contributed by atoms with van der Waals surface area (Å²) in [5.74, 6) is 0.664. The number of alkyl halides is 3. The number of aromatic amines is 1. The zero-order chi connectivity index (χ0) is 22.8. The van der Waals surface area contributed by atoms with Gasteiger partial charge in [-0.1, -0.05) is 33.7 Å². The molecule has 0 spiro atoms. The molecule has 2 N–H and O–H groups in total. The van der Waals surface area contributed by atoms with Crippen LogP contribution in [-0.2, 0) is 15.8 Å². The maximum absolute atomic E-state index is 12.9. The second-order valence-electron chi connectivity index (χ2n) is 6.59. The van der Waals surface area contributed by atoms with Crippen molar-refractivity contribution < 1.29 is 27.8 Å². The number of H-pyrrole nitrogens is 1. The fraction of sp³-hybridized carbons (Fsp3) is 0.625. The minimum Gasteiger partial charge on any atom is -0.394 e. The quantitative estimate of drug-likeness (QED) is 0.426. The van der Waals surface area contributed by atoms with E-state index in [1.165, 1.54) is 28.5 Å². The third-order valence-electron chi connectivity index (χ3n) is 4.40. The Balaban J connectivity index is 1.82. The first-order chi connectivity index (χ1) is 14.6. The lowest BCUT2D eigenvalue weighted by Gasteiger charge is -2.22. The topological polar surface area (TPSA) is 124 Å². The standard InChI is InChI=1S/C16H20F3N5O5S2/c1-3-30-31-14(9-6-24(22-21-9)16(17,18)19)29-10-4-12(28-11(10)7-25)23-5-8(2)13(26)20-15(23)27/h5-6,10-12,14,25H,3-4,7H2,1-2H3,(H,20,26,27). The lowest BCUT2D eigenvalue weighted by molar-refractivity contribution is -0.213. The zero-order valence-corrected chi connectivity index (χ0v) is 18.0. The fourth-order valence-electron chi connectivity index (χ4n) is 2.92. The summed E-state index contributed by atoms with van der Waals surface area (Å²) < 4.78 is 51.3. The van der Waals surface area contributed by atoms with Gasteiger partial charge in [-0.25, -0.2) is 4.79 Å². The molecule has 4 unspecified atom stereocenters. The summed E-state index contributed by atoms with van der Waals surface area (Å²) in [7, 11) is 2.52. The van der Waals surface area contributed by atoms with Gasteiger partial charge in [0.15, 0.2) is 5.44 Å². The van der Waals surface area contributed by atoms with Crippen LogP contribution in [0.3, 0.4) is 0 Å². The van der Waals surface area contributed by atoms with E-state index in [0.29, 0.717) is 11.3 Å². The van der Waals surface area contributed by atoms with Crippen LogP contribution >= 0.6 is 21.6 Å². The minimum atomic E-state index is -4.71. The molecule has 4 atom stereocenters. The third-order valence-corrected chi connectivity index (χ3v) is 6.94. The van der Waals surface area contributed by atoms with Crippen molar-refractivity contribution >= 4 is 21.6 Å². The van der Waals surface area contributed by atoms with E-state index in [2.05, 4.69) is 15.3 Å². The van der Waals surface area contributed by atoms with Gasteiger partial charge in [-0.05, 0) is 6.92 Å². The molecular formula is C16H20F3N5O5S2. The van der Waals surface area contributed by atoms with Crippen LogP contribution in [0.5, 0.6) is 0 Å². The average molecular weight is 483 g/mol. The Morgan fingerprint density at radius 3 is 2.77 bits per heavy atom. The van der Waals surface area contributed by atoms with Crippen LogP contribution in [-0.4, -0.2) is 54.2 Å². The largest absolute Gasteiger partial charge is 0.505 e. The molecule has 1 fully saturated rings. The molecule has 15 heteroatoms. The Morgan fingerprint density at radius 2 is 2.16 bits per heavy atom. The van der Waals surface area contributed by atoms with Crippen LogP contribution in [0.25, 0.3) is 0 Å². The number of nitrogens with one attached hydrogen (secondary N) is 1. The van der Waals surface area contributed by atoms with Crippen molar-refractivity contribution in [2.75, 3.05) is 12.4 Å². The molecule has 0 saturated carbocycles. The molecule has 2 aromatic rings. The van der Waals surface area contributed by atoms with Crippen molar-refractivity contribution in [1.29, 1.82) is 0 Å². The van der Waals surface area contributed by atoms with Gasteiger partial charge >= 0.3 is 12.0 Å². The number of nitrogens with zero attached hydrogens (tertiary/aromatic N) is 4. The molecule has 1 aliphatic heterocycles. The third kappa shape index (κ3) is 5.52. The average Bonchev–Trinajstić information content (AvgIpc) is 3.35. The molecule has 0 amide bonds. The predicted molar refractivity (Wildman–Crippen MR) is 106 cm³/mol. The van der Waals surface area contributed by atoms with E-state index in [1.807, 2.05) is 6.92 Å². The van der Waals surface area contributed by atoms with Crippen LogP contribution in [0.15, 0.2) is 22.0 Å². The van der Waals surface area contributed by atoms with Crippen LogP contribution < -0.4 is 11.2 Å². The van der Waals surface area contributed by atoms with Crippen molar-refractivity contribution in [2.24, 2.45) is 0 Å². The summed E-state index contributed by atoms with van der Waals surface area (Å²) >= 11 is 0. The number of aliphatic hydroxyl groups is 1. The molecule has 172 valence electrons.